The van der Waals surface area contributed by atoms with Crippen LogP contribution < -0.4 is 5.32 Å². The number of hydrogen-bond donors (Lipinski definition) is 1. The van der Waals surface area contributed by atoms with E-state index in [1.54, 1.807) is 6.26 Å². The molecule has 0 saturated heterocycles. The van der Waals surface area contributed by atoms with Crippen LogP contribution in [0.5, 0.6) is 0 Å². The molecule has 0 aromatic carbocycles. The van der Waals surface area contributed by atoms with Crippen molar-refractivity contribution in [1.29, 1.82) is 0 Å². The summed E-state index contributed by atoms with van der Waals surface area (Å²) >= 11 is 3.43. The largest absolute Gasteiger partial charge is 0.466 e. The summed E-state index contributed by atoms with van der Waals surface area (Å²) in [6.45, 7) is 6.92. The zero-order chi connectivity index (χ0) is 12.4. The molecular formula is C13H16BrNO2. The summed E-state index contributed by atoms with van der Waals surface area (Å²) in [5, 5.41) is 3.45. The van der Waals surface area contributed by atoms with Crippen molar-refractivity contribution in [3.8, 4) is 0 Å². The molecule has 0 radical (unpaired) electrons. The standard InChI is InChI=1S/C13H16BrNO2/c1-4-15-12(10-5-6-16-13(10)14)11-7-8(2)17-9(11)3/h5-7,12,15H,4H2,1-3H3. The molecule has 1 unspecified atom stereocenters. The van der Waals surface area contributed by atoms with E-state index in [4.69, 9.17) is 8.83 Å². The third-order valence-electron chi connectivity index (χ3n) is 2.76. The van der Waals surface area contributed by atoms with Gasteiger partial charge >= 0.3 is 0 Å². The highest BCUT2D eigenvalue weighted by molar-refractivity contribution is 9.10. The van der Waals surface area contributed by atoms with E-state index in [1.165, 1.54) is 0 Å². The molecule has 3 nitrogen and oxygen atoms in total. The van der Waals surface area contributed by atoms with Crippen LogP contribution in [0.15, 0.2) is 31.9 Å². The summed E-state index contributed by atoms with van der Waals surface area (Å²) in [5.41, 5.74) is 2.25. The molecule has 0 aliphatic rings. The van der Waals surface area contributed by atoms with E-state index in [1.807, 2.05) is 19.9 Å². The highest BCUT2D eigenvalue weighted by atomic mass is 79.9. The Hall–Kier alpha value is -1.00. The molecule has 0 fully saturated rings. The van der Waals surface area contributed by atoms with E-state index in [0.29, 0.717) is 0 Å². The first kappa shape index (κ1) is 12.5. The molecule has 17 heavy (non-hydrogen) atoms. The minimum absolute atomic E-state index is 0.102. The van der Waals surface area contributed by atoms with Crippen LogP contribution in [-0.2, 0) is 0 Å². The van der Waals surface area contributed by atoms with Crippen molar-refractivity contribution >= 4 is 15.9 Å². The molecule has 0 bridgehead atoms. The molecule has 92 valence electrons. The van der Waals surface area contributed by atoms with Gasteiger partial charge in [-0.3, -0.25) is 0 Å². The van der Waals surface area contributed by atoms with E-state index in [-0.39, 0.29) is 6.04 Å². The third-order valence-corrected chi connectivity index (χ3v) is 3.40. The predicted molar refractivity (Wildman–Crippen MR) is 70.1 cm³/mol. The minimum atomic E-state index is 0.102. The van der Waals surface area contributed by atoms with Crippen LogP contribution in [0.25, 0.3) is 0 Å². The average Bonchev–Trinajstić information content (AvgIpc) is 2.82. The molecule has 2 aromatic rings. The maximum absolute atomic E-state index is 5.59. The number of halogens is 1. The predicted octanol–water partition coefficient (Wildman–Crippen LogP) is 3.95. The second kappa shape index (κ2) is 5.10. The molecule has 0 amide bonds. The Morgan fingerprint density at radius 1 is 1.35 bits per heavy atom. The molecule has 1 N–H and O–H groups in total. The Bertz CT molecular complexity index is 501. The van der Waals surface area contributed by atoms with Crippen LogP contribution in [0.3, 0.4) is 0 Å². The van der Waals surface area contributed by atoms with Gasteiger partial charge in [-0.15, -0.1) is 0 Å². The van der Waals surface area contributed by atoms with Crippen molar-refractivity contribution in [2.75, 3.05) is 6.54 Å². The molecule has 1 atom stereocenters. The highest BCUT2D eigenvalue weighted by Crippen LogP contribution is 2.32. The van der Waals surface area contributed by atoms with Crippen molar-refractivity contribution in [2.45, 2.75) is 26.8 Å². The van der Waals surface area contributed by atoms with Gasteiger partial charge in [0.15, 0.2) is 4.67 Å². The fraction of sp³-hybridized carbons (Fsp3) is 0.385. The quantitative estimate of drug-likeness (QED) is 0.928. The van der Waals surface area contributed by atoms with Crippen LogP contribution in [0, 0.1) is 13.8 Å². The van der Waals surface area contributed by atoms with Crippen molar-refractivity contribution in [2.24, 2.45) is 0 Å². The summed E-state index contributed by atoms with van der Waals surface area (Å²) in [5.74, 6) is 1.88. The van der Waals surface area contributed by atoms with Crippen molar-refractivity contribution in [3.63, 3.8) is 0 Å². The second-order valence-corrected chi connectivity index (χ2v) is 4.73. The SMILES string of the molecule is CCNC(c1cc(C)oc1C)c1ccoc1Br. The lowest BCUT2D eigenvalue weighted by Crippen LogP contribution is -2.22. The van der Waals surface area contributed by atoms with Gasteiger partial charge in [-0.25, -0.2) is 0 Å². The van der Waals surface area contributed by atoms with E-state index in [0.717, 1.165) is 33.9 Å². The van der Waals surface area contributed by atoms with Gasteiger partial charge in [0.05, 0.1) is 12.3 Å². The number of aryl methyl sites for hydroxylation is 2. The Morgan fingerprint density at radius 2 is 2.12 bits per heavy atom. The van der Waals surface area contributed by atoms with Gasteiger partial charge in [0.25, 0.3) is 0 Å². The number of hydrogen-bond acceptors (Lipinski definition) is 3. The smallest absolute Gasteiger partial charge is 0.174 e. The van der Waals surface area contributed by atoms with Gasteiger partial charge in [0, 0.05) is 11.1 Å². The maximum atomic E-state index is 5.59. The summed E-state index contributed by atoms with van der Waals surface area (Å²) in [7, 11) is 0. The second-order valence-electron chi connectivity index (χ2n) is 4.01. The molecule has 2 heterocycles. The van der Waals surface area contributed by atoms with Gasteiger partial charge in [-0.2, -0.15) is 0 Å². The molecule has 0 aliphatic heterocycles. The van der Waals surface area contributed by atoms with E-state index in [9.17, 15) is 0 Å². The lowest BCUT2D eigenvalue weighted by molar-refractivity contribution is 0.492. The first-order valence-electron chi connectivity index (χ1n) is 5.66. The topological polar surface area (TPSA) is 38.3 Å². The van der Waals surface area contributed by atoms with Crippen molar-refractivity contribution in [1.82, 2.24) is 5.32 Å². The fourth-order valence-corrected chi connectivity index (χ4v) is 2.51. The highest BCUT2D eigenvalue weighted by Gasteiger charge is 2.21. The third kappa shape index (κ3) is 2.48. The van der Waals surface area contributed by atoms with E-state index >= 15 is 0 Å². The Labute approximate surface area is 109 Å². The first-order chi connectivity index (χ1) is 8.13. The first-order valence-corrected chi connectivity index (χ1v) is 6.46. The summed E-state index contributed by atoms with van der Waals surface area (Å²) in [6, 6.07) is 4.15. The van der Waals surface area contributed by atoms with Crippen LogP contribution >= 0.6 is 15.9 Å². The van der Waals surface area contributed by atoms with Gasteiger partial charge in [-0.05, 0) is 48.5 Å². The monoisotopic (exact) mass is 297 g/mol. The normalized spacial score (nSPS) is 12.9. The number of furan rings is 2. The van der Waals surface area contributed by atoms with Crippen LogP contribution in [0.1, 0.15) is 35.6 Å². The van der Waals surface area contributed by atoms with Crippen LogP contribution in [-0.4, -0.2) is 6.54 Å². The zero-order valence-electron chi connectivity index (χ0n) is 10.2. The lowest BCUT2D eigenvalue weighted by Gasteiger charge is -2.16. The van der Waals surface area contributed by atoms with E-state index in [2.05, 4.69) is 34.2 Å². The van der Waals surface area contributed by atoms with Gasteiger partial charge in [0.2, 0.25) is 0 Å². The molecule has 0 aliphatic carbocycles. The summed E-state index contributed by atoms with van der Waals surface area (Å²) in [6.07, 6.45) is 1.69. The van der Waals surface area contributed by atoms with Gasteiger partial charge in [0.1, 0.15) is 11.5 Å². The summed E-state index contributed by atoms with van der Waals surface area (Å²) < 4.78 is 11.7. The molecule has 4 heteroatoms. The lowest BCUT2D eigenvalue weighted by atomic mass is 10.0. The van der Waals surface area contributed by atoms with E-state index < -0.39 is 0 Å². The van der Waals surface area contributed by atoms with Crippen molar-refractivity contribution in [3.05, 3.63) is 45.7 Å². The molecule has 2 aromatic heterocycles. The maximum Gasteiger partial charge on any atom is 0.174 e. The summed E-state index contributed by atoms with van der Waals surface area (Å²) in [4.78, 5) is 0. The minimum Gasteiger partial charge on any atom is -0.466 e. The van der Waals surface area contributed by atoms with Gasteiger partial charge in [-0.1, -0.05) is 6.92 Å². The fourth-order valence-electron chi connectivity index (χ4n) is 2.04. The number of nitrogens with one attached hydrogen (secondary N) is 1. The molecule has 2 rings (SSSR count). The molecule has 0 spiro atoms. The Kier molecular flexibility index (Phi) is 3.74. The Balaban J connectivity index is 2.42. The molecule has 0 saturated carbocycles. The Morgan fingerprint density at radius 3 is 2.59 bits per heavy atom. The van der Waals surface area contributed by atoms with Crippen LogP contribution in [0.4, 0.5) is 0 Å². The zero-order valence-corrected chi connectivity index (χ0v) is 11.8. The van der Waals surface area contributed by atoms with Crippen LogP contribution in [0.2, 0.25) is 0 Å². The molecular weight excluding hydrogens is 282 g/mol. The van der Waals surface area contributed by atoms with Crippen molar-refractivity contribution < 1.29 is 8.83 Å². The average molecular weight is 298 g/mol. The number of rotatable bonds is 4. The van der Waals surface area contributed by atoms with Gasteiger partial charge < -0.3 is 14.2 Å².